The Kier molecular flexibility index (Phi) is 7.42. The van der Waals surface area contributed by atoms with Crippen molar-refractivity contribution in [3.05, 3.63) is 28.3 Å². The Morgan fingerprint density at radius 1 is 1.25 bits per heavy atom. The molecule has 0 unspecified atom stereocenters. The van der Waals surface area contributed by atoms with E-state index < -0.39 is 4.92 Å². The van der Waals surface area contributed by atoms with Crippen molar-refractivity contribution in [2.75, 3.05) is 31.7 Å². The molecule has 0 saturated heterocycles. The predicted octanol–water partition coefficient (Wildman–Crippen LogP) is 3.22. The lowest BCUT2D eigenvalue weighted by Crippen LogP contribution is -2.06. The molecular formula is C14H22N2O4. The van der Waals surface area contributed by atoms with Crippen molar-refractivity contribution in [1.82, 2.24) is 0 Å². The minimum atomic E-state index is -0.419. The average Bonchev–Trinajstić information content (AvgIpc) is 2.43. The molecule has 0 saturated carbocycles. The van der Waals surface area contributed by atoms with Gasteiger partial charge in [0.25, 0.3) is 5.69 Å². The molecule has 0 amide bonds. The van der Waals surface area contributed by atoms with Gasteiger partial charge in [0.1, 0.15) is 5.75 Å². The van der Waals surface area contributed by atoms with Gasteiger partial charge < -0.3 is 14.8 Å². The van der Waals surface area contributed by atoms with Crippen LogP contribution in [0.3, 0.4) is 0 Å². The molecule has 0 heterocycles. The Morgan fingerprint density at radius 3 is 2.70 bits per heavy atom. The molecule has 0 spiro atoms. The molecule has 0 aliphatic heterocycles. The van der Waals surface area contributed by atoms with Crippen LogP contribution in [0.15, 0.2) is 18.2 Å². The van der Waals surface area contributed by atoms with Crippen LogP contribution in [0, 0.1) is 10.1 Å². The third-order valence-electron chi connectivity index (χ3n) is 2.56. The highest BCUT2D eigenvalue weighted by molar-refractivity contribution is 5.56. The lowest BCUT2D eigenvalue weighted by molar-refractivity contribution is -0.384. The normalized spacial score (nSPS) is 10.3. The fourth-order valence-electron chi connectivity index (χ4n) is 1.69. The maximum Gasteiger partial charge on any atom is 0.275 e. The number of benzene rings is 1. The van der Waals surface area contributed by atoms with E-state index >= 15 is 0 Å². The molecule has 0 fully saturated rings. The summed E-state index contributed by atoms with van der Waals surface area (Å²) >= 11 is 0. The number of non-ortho nitro benzene ring substituents is 1. The first kappa shape index (κ1) is 16.2. The van der Waals surface area contributed by atoms with E-state index in [1.165, 1.54) is 12.1 Å². The fraction of sp³-hybridized carbons (Fsp3) is 0.571. The maximum absolute atomic E-state index is 10.9. The van der Waals surface area contributed by atoms with Gasteiger partial charge in [0, 0.05) is 37.6 Å². The zero-order valence-corrected chi connectivity index (χ0v) is 12.1. The summed E-state index contributed by atoms with van der Waals surface area (Å²) in [7, 11) is 0. The number of hydrogen-bond acceptors (Lipinski definition) is 5. The molecule has 0 bridgehead atoms. The monoisotopic (exact) mass is 282 g/mol. The number of nitro groups is 1. The number of nitrogens with one attached hydrogen (secondary N) is 1. The van der Waals surface area contributed by atoms with Crippen LogP contribution in [0.25, 0.3) is 0 Å². The second-order valence-electron chi connectivity index (χ2n) is 4.30. The summed E-state index contributed by atoms with van der Waals surface area (Å²) in [5, 5.41) is 14.0. The van der Waals surface area contributed by atoms with E-state index in [1.54, 1.807) is 6.07 Å². The second kappa shape index (κ2) is 9.14. The van der Waals surface area contributed by atoms with Gasteiger partial charge in [0.2, 0.25) is 0 Å². The molecule has 1 N–H and O–H groups in total. The van der Waals surface area contributed by atoms with E-state index in [1.807, 2.05) is 6.92 Å². The van der Waals surface area contributed by atoms with Gasteiger partial charge in [-0.25, -0.2) is 0 Å². The molecule has 112 valence electrons. The molecule has 0 radical (unpaired) electrons. The zero-order chi connectivity index (χ0) is 14.8. The van der Waals surface area contributed by atoms with Crippen molar-refractivity contribution >= 4 is 11.4 Å². The minimum absolute atomic E-state index is 0.0284. The summed E-state index contributed by atoms with van der Waals surface area (Å²) in [5.74, 6) is 0.506. The molecule has 6 nitrogen and oxygen atoms in total. The van der Waals surface area contributed by atoms with Crippen LogP contribution in [0.4, 0.5) is 11.4 Å². The number of hydrogen-bond donors (Lipinski definition) is 1. The Bertz CT molecular complexity index is 424. The summed E-state index contributed by atoms with van der Waals surface area (Å²) in [4.78, 5) is 10.4. The Labute approximate surface area is 119 Å². The quantitative estimate of drug-likeness (QED) is 0.405. The number of ether oxygens (including phenoxy) is 2. The van der Waals surface area contributed by atoms with Gasteiger partial charge in [-0.2, -0.15) is 0 Å². The first-order valence-corrected chi connectivity index (χ1v) is 6.91. The Hall–Kier alpha value is -1.82. The third kappa shape index (κ3) is 5.88. The topological polar surface area (TPSA) is 73.6 Å². The van der Waals surface area contributed by atoms with Crippen molar-refractivity contribution in [2.24, 2.45) is 0 Å². The highest BCUT2D eigenvalue weighted by Gasteiger charge is 2.10. The molecule has 1 aromatic rings. The average molecular weight is 282 g/mol. The lowest BCUT2D eigenvalue weighted by Gasteiger charge is -2.09. The summed E-state index contributed by atoms with van der Waals surface area (Å²) in [6.07, 6.45) is 1.86. The minimum Gasteiger partial charge on any atom is -0.494 e. The van der Waals surface area contributed by atoms with Crippen molar-refractivity contribution in [1.29, 1.82) is 0 Å². The third-order valence-corrected chi connectivity index (χ3v) is 2.56. The SMILES string of the molecule is CCCOCCCNc1cc(OCC)cc([N+](=O)[O-])c1. The summed E-state index contributed by atoms with van der Waals surface area (Å²) in [6, 6.07) is 4.71. The zero-order valence-electron chi connectivity index (χ0n) is 12.1. The number of rotatable bonds is 10. The van der Waals surface area contributed by atoms with Crippen molar-refractivity contribution < 1.29 is 14.4 Å². The summed E-state index contributed by atoms with van der Waals surface area (Å²) in [5.41, 5.74) is 0.721. The fourth-order valence-corrected chi connectivity index (χ4v) is 1.69. The van der Waals surface area contributed by atoms with Crippen LogP contribution in [-0.4, -0.2) is 31.3 Å². The molecule has 1 aromatic carbocycles. The van der Waals surface area contributed by atoms with Crippen molar-refractivity contribution in [3.63, 3.8) is 0 Å². The molecule has 6 heteroatoms. The number of nitrogens with zero attached hydrogens (tertiary/aromatic N) is 1. The molecule has 0 aromatic heterocycles. The van der Waals surface area contributed by atoms with E-state index in [0.29, 0.717) is 31.2 Å². The van der Waals surface area contributed by atoms with Crippen LogP contribution < -0.4 is 10.1 Å². The standard InChI is InChI=1S/C14H22N2O4/c1-3-7-19-8-5-6-15-12-9-13(16(17)18)11-14(10-12)20-4-2/h9-11,15H,3-8H2,1-2H3. The van der Waals surface area contributed by atoms with Gasteiger partial charge in [-0.3, -0.25) is 10.1 Å². The number of nitro benzene ring substituents is 1. The van der Waals surface area contributed by atoms with Crippen LogP contribution >= 0.6 is 0 Å². The summed E-state index contributed by atoms with van der Waals surface area (Å²) < 4.78 is 10.7. The van der Waals surface area contributed by atoms with Gasteiger partial charge in [0.05, 0.1) is 17.6 Å². The molecule has 1 rings (SSSR count). The highest BCUT2D eigenvalue weighted by atomic mass is 16.6. The Balaban J connectivity index is 2.53. The van der Waals surface area contributed by atoms with Crippen LogP contribution in [0.2, 0.25) is 0 Å². The van der Waals surface area contributed by atoms with E-state index in [-0.39, 0.29) is 5.69 Å². The van der Waals surface area contributed by atoms with Gasteiger partial charge in [0.15, 0.2) is 0 Å². The molecule has 0 aliphatic carbocycles. The largest absolute Gasteiger partial charge is 0.494 e. The molecule has 0 aliphatic rings. The van der Waals surface area contributed by atoms with E-state index in [4.69, 9.17) is 9.47 Å². The Morgan fingerprint density at radius 2 is 2.05 bits per heavy atom. The maximum atomic E-state index is 10.9. The lowest BCUT2D eigenvalue weighted by atomic mass is 10.2. The van der Waals surface area contributed by atoms with Gasteiger partial charge in [-0.1, -0.05) is 6.92 Å². The molecule has 0 atom stereocenters. The van der Waals surface area contributed by atoms with Gasteiger partial charge in [-0.15, -0.1) is 0 Å². The van der Waals surface area contributed by atoms with Crippen LogP contribution in [0.1, 0.15) is 26.7 Å². The summed E-state index contributed by atoms with van der Waals surface area (Å²) in [6.45, 7) is 6.55. The molecule has 20 heavy (non-hydrogen) atoms. The predicted molar refractivity (Wildman–Crippen MR) is 78.5 cm³/mol. The van der Waals surface area contributed by atoms with Gasteiger partial charge in [-0.05, 0) is 19.8 Å². The smallest absolute Gasteiger partial charge is 0.275 e. The molecular weight excluding hydrogens is 260 g/mol. The first-order valence-electron chi connectivity index (χ1n) is 6.91. The van der Waals surface area contributed by atoms with E-state index in [2.05, 4.69) is 12.2 Å². The van der Waals surface area contributed by atoms with Crippen molar-refractivity contribution in [2.45, 2.75) is 26.7 Å². The van der Waals surface area contributed by atoms with Crippen molar-refractivity contribution in [3.8, 4) is 5.75 Å². The first-order chi connectivity index (χ1) is 9.67. The van der Waals surface area contributed by atoms with Crippen LogP contribution in [-0.2, 0) is 4.74 Å². The second-order valence-corrected chi connectivity index (χ2v) is 4.30. The van der Waals surface area contributed by atoms with Gasteiger partial charge >= 0.3 is 0 Å². The highest BCUT2D eigenvalue weighted by Crippen LogP contribution is 2.26. The van der Waals surface area contributed by atoms with E-state index in [0.717, 1.165) is 19.4 Å². The van der Waals surface area contributed by atoms with Crippen LogP contribution in [0.5, 0.6) is 5.75 Å². The number of anilines is 1. The van der Waals surface area contributed by atoms with E-state index in [9.17, 15) is 10.1 Å².